The summed E-state index contributed by atoms with van der Waals surface area (Å²) in [5, 5.41) is 2.86. The van der Waals surface area contributed by atoms with Crippen molar-refractivity contribution in [2.75, 3.05) is 45.2 Å². The topological polar surface area (TPSA) is 66.3 Å². The molecule has 7 heteroatoms. The zero-order valence-corrected chi connectivity index (χ0v) is 17.3. The molecule has 0 unspecified atom stereocenters. The van der Waals surface area contributed by atoms with Crippen LogP contribution >= 0.6 is 0 Å². The van der Waals surface area contributed by atoms with Crippen molar-refractivity contribution < 1.29 is 4.79 Å². The molecule has 1 aliphatic heterocycles. The molecule has 3 rings (SSSR count). The lowest BCUT2D eigenvalue weighted by Crippen LogP contribution is -2.36. The number of aryl methyl sites for hydroxylation is 1. The second-order valence-electron chi connectivity index (χ2n) is 7.68. The number of pyridine rings is 1. The van der Waals surface area contributed by atoms with Crippen molar-refractivity contribution in [1.29, 1.82) is 0 Å². The lowest BCUT2D eigenvalue weighted by Gasteiger charge is -2.33. The van der Waals surface area contributed by atoms with Gasteiger partial charge < -0.3 is 19.7 Å². The normalized spacial score (nSPS) is 17.1. The maximum atomic E-state index is 12.1. The number of rotatable bonds is 8. The minimum Gasteiger partial charge on any atom is -0.356 e. The Morgan fingerprint density at radius 2 is 2.18 bits per heavy atom. The van der Waals surface area contributed by atoms with Crippen LogP contribution in [0.2, 0.25) is 0 Å². The van der Waals surface area contributed by atoms with Crippen LogP contribution in [0, 0.1) is 0 Å². The van der Waals surface area contributed by atoms with Crippen molar-refractivity contribution in [1.82, 2.24) is 24.8 Å². The van der Waals surface area contributed by atoms with Crippen LogP contribution in [-0.4, -0.2) is 65.6 Å². The van der Waals surface area contributed by atoms with Crippen LogP contribution in [0.25, 0.3) is 0 Å². The molecule has 0 aliphatic carbocycles. The minimum absolute atomic E-state index is 0.0452. The number of aromatic nitrogens is 3. The van der Waals surface area contributed by atoms with E-state index in [2.05, 4.69) is 49.9 Å². The van der Waals surface area contributed by atoms with Gasteiger partial charge in [0.25, 0.3) is 5.91 Å². The third kappa shape index (κ3) is 5.10. The molecule has 7 nitrogen and oxygen atoms in total. The number of hydrogen-bond donors (Lipinski definition) is 1. The highest BCUT2D eigenvalue weighted by Crippen LogP contribution is 2.28. The minimum atomic E-state index is -0.0452. The van der Waals surface area contributed by atoms with Crippen LogP contribution in [0.4, 0.5) is 5.82 Å². The van der Waals surface area contributed by atoms with Gasteiger partial charge in [0.2, 0.25) is 0 Å². The Labute approximate surface area is 167 Å². The molecule has 1 atom stereocenters. The van der Waals surface area contributed by atoms with Crippen molar-refractivity contribution in [3.63, 3.8) is 0 Å². The van der Waals surface area contributed by atoms with Gasteiger partial charge in [-0.2, -0.15) is 0 Å². The Balaban J connectivity index is 1.69. The molecule has 0 bridgehead atoms. The summed E-state index contributed by atoms with van der Waals surface area (Å²) in [5.41, 5.74) is 0.666. The number of imidazole rings is 1. The molecule has 1 N–H and O–H groups in total. The monoisotopic (exact) mass is 384 g/mol. The molecule has 3 heterocycles. The molecule has 0 radical (unpaired) electrons. The van der Waals surface area contributed by atoms with Crippen molar-refractivity contribution in [3.8, 4) is 0 Å². The maximum Gasteiger partial charge on any atom is 0.251 e. The highest BCUT2D eigenvalue weighted by Gasteiger charge is 2.25. The molecular weight excluding hydrogens is 352 g/mol. The molecular formula is C21H32N6O. The zero-order chi connectivity index (χ0) is 19.9. The van der Waals surface area contributed by atoms with E-state index in [-0.39, 0.29) is 5.91 Å². The Bertz CT molecular complexity index is 772. The van der Waals surface area contributed by atoms with E-state index in [9.17, 15) is 4.79 Å². The van der Waals surface area contributed by atoms with E-state index in [1.54, 1.807) is 12.3 Å². The zero-order valence-electron chi connectivity index (χ0n) is 17.3. The predicted molar refractivity (Wildman–Crippen MR) is 112 cm³/mol. The SMILES string of the molecule is CCNC(=O)c1ccnc(N2CCC[C@@H](c3nccn3CCCN(C)C)C2)c1. The number of piperidine rings is 1. The molecule has 0 saturated carbocycles. The van der Waals surface area contributed by atoms with Gasteiger partial charge >= 0.3 is 0 Å². The maximum absolute atomic E-state index is 12.1. The van der Waals surface area contributed by atoms with Crippen LogP contribution in [0.1, 0.15) is 48.3 Å². The van der Waals surface area contributed by atoms with Gasteiger partial charge in [-0.3, -0.25) is 4.79 Å². The van der Waals surface area contributed by atoms with Crippen LogP contribution in [0.5, 0.6) is 0 Å². The average Bonchev–Trinajstić information content (AvgIpc) is 3.17. The van der Waals surface area contributed by atoms with Gasteiger partial charge in [0, 0.05) is 56.3 Å². The van der Waals surface area contributed by atoms with E-state index in [4.69, 9.17) is 0 Å². The van der Waals surface area contributed by atoms with E-state index in [1.807, 2.05) is 19.2 Å². The van der Waals surface area contributed by atoms with E-state index < -0.39 is 0 Å². The first-order chi connectivity index (χ1) is 13.6. The molecule has 1 saturated heterocycles. The van der Waals surface area contributed by atoms with E-state index in [0.717, 1.165) is 51.3 Å². The van der Waals surface area contributed by atoms with Gasteiger partial charge in [-0.05, 0) is 59.0 Å². The van der Waals surface area contributed by atoms with Crippen molar-refractivity contribution in [2.24, 2.45) is 0 Å². The lowest BCUT2D eigenvalue weighted by molar-refractivity contribution is 0.0955. The highest BCUT2D eigenvalue weighted by atomic mass is 16.1. The first kappa shape index (κ1) is 20.3. The Morgan fingerprint density at radius 3 is 2.96 bits per heavy atom. The fraction of sp³-hybridized carbons (Fsp3) is 0.571. The highest BCUT2D eigenvalue weighted by molar-refractivity contribution is 5.94. The Hall–Kier alpha value is -2.41. The Kier molecular flexibility index (Phi) is 7.03. The van der Waals surface area contributed by atoms with Crippen molar-refractivity contribution in [2.45, 2.75) is 38.6 Å². The number of carbonyl (C=O) groups is 1. The third-order valence-electron chi connectivity index (χ3n) is 5.21. The van der Waals surface area contributed by atoms with Crippen LogP contribution < -0.4 is 10.2 Å². The van der Waals surface area contributed by atoms with Crippen LogP contribution in [-0.2, 0) is 6.54 Å². The summed E-state index contributed by atoms with van der Waals surface area (Å²) in [7, 11) is 4.21. The summed E-state index contributed by atoms with van der Waals surface area (Å²) < 4.78 is 2.30. The van der Waals surface area contributed by atoms with Gasteiger partial charge in [-0.1, -0.05) is 0 Å². The fourth-order valence-electron chi connectivity index (χ4n) is 3.82. The van der Waals surface area contributed by atoms with Crippen LogP contribution in [0.15, 0.2) is 30.7 Å². The van der Waals surface area contributed by atoms with Gasteiger partial charge in [0.1, 0.15) is 11.6 Å². The second kappa shape index (κ2) is 9.68. The molecule has 28 heavy (non-hydrogen) atoms. The first-order valence-corrected chi connectivity index (χ1v) is 10.2. The summed E-state index contributed by atoms with van der Waals surface area (Å²) in [6, 6.07) is 3.67. The molecule has 1 aliphatic rings. The number of nitrogens with zero attached hydrogens (tertiary/aromatic N) is 5. The molecule has 152 valence electrons. The summed E-state index contributed by atoms with van der Waals surface area (Å²) in [4.78, 5) is 25.9. The number of hydrogen-bond acceptors (Lipinski definition) is 5. The van der Waals surface area contributed by atoms with Crippen LogP contribution in [0.3, 0.4) is 0 Å². The molecule has 2 aromatic rings. The van der Waals surface area contributed by atoms with Crippen molar-refractivity contribution in [3.05, 3.63) is 42.1 Å². The summed E-state index contributed by atoms with van der Waals surface area (Å²) in [5.74, 6) is 2.39. The quantitative estimate of drug-likeness (QED) is 0.757. The number of anilines is 1. The smallest absolute Gasteiger partial charge is 0.251 e. The second-order valence-corrected chi connectivity index (χ2v) is 7.68. The van der Waals surface area contributed by atoms with E-state index in [0.29, 0.717) is 18.0 Å². The van der Waals surface area contributed by atoms with E-state index >= 15 is 0 Å². The molecule has 1 fully saturated rings. The average molecular weight is 385 g/mol. The molecule has 0 aromatic carbocycles. The number of carbonyl (C=O) groups excluding carboxylic acids is 1. The summed E-state index contributed by atoms with van der Waals surface area (Å²) >= 11 is 0. The van der Waals surface area contributed by atoms with E-state index in [1.165, 1.54) is 5.82 Å². The number of amides is 1. The third-order valence-corrected chi connectivity index (χ3v) is 5.21. The Morgan fingerprint density at radius 1 is 1.32 bits per heavy atom. The molecule has 0 spiro atoms. The lowest BCUT2D eigenvalue weighted by atomic mass is 9.97. The standard InChI is InChI=1S/C21H32N6O/c1-4-22-21(28)17-8-9-23-19(15-17)27-12-5-7-18(16-27)20-24-10-14-26(20)13-6-11-25(2)3/h8-10,14-15,18H,4-7,11-13,16H2,1-3H3,(H,22,28)/t18-/m1/s1. The summed E-state index contributed by atoms with van der Waals surface area (Å²) in [6.45, 7) is 6.47. The first-order valence-electron chi connectivity index (χ1n) is 10.2. The van der Waals surface area contributed by atoms with Gasteiger partial charge in [0.15, 0.2) is 0 Å². The van der Waals surface area contributed by atoms with Gasteiger partial charge in [-0.25, -0.2) is 9.97 Å². The molecule has 1 amide bonds. The van der Waals surface area contributed by atoms with Gasteiger partial charge in [-0.15, -0.1) is 0 Å². The van der Waals surface area contributed by atoms with Gasteiger partial charge in [0.05, 0.1) is 0 Å². The summed E-state index contributed by atoms with van der Waals surface area (Å²) in [6.07, 6.45) is 9.09. The fourth-order valence-corrected chi connectivity index (χ4v) is 3.82. The molecule has 2 aromatic heterocycles. The predicted octanol–water partition coefficient (Wildman–Crippen LogP) is 2.36. The largest absolute Gasteiger partial charge is 0.356 e. The number of nitrogens with one attached hydrogen (secondary N) is 1. The van der Waals surface area contributed by atoms with Crippen molar-refractivity contribution >= 4 is 11.7 Å².